The predicted molar refractivity (Wildman–Crippen MR) is 107 cm³/mol. The van der Waals surface area contributed by atoms with Crippen molar-refractivity contribution in [2.24, 2.45) is 11.8 Å². The first-order chi connectivity index (χ1) is 13.1. The van der Waals surface area contributed by atoms with Crippen molar-refractivity contribution in [2.75, 3.05) is 32.1 Å². The zero-order chi connectivity index (χ0) is 19.2. The van der Waals surface area contributed by atoms with Gasteiger partial charge in [0, 0.05) is 25.3 Å². The summed E-state index contributed by atoms with van der Waals surface area (Å²) in [5, 5.41) is 12.9. The highest BCUT2D eigenvalue weighted by Gasteiger charge is 2.30. The lowest BCUT2D eigenvalue weighted by Gasteiger charge is -2.21. The molecule has 0 saturated carbocycles. The molecule has 1 heterocycles. The number of carboxylic acids is 1. The zero-order valence-corrected chi connectivity index (χ0v) is 16.0. The molecule has 3 rings (SSSR count). The van der Waals surface area contributed by atoms with Gasteiger partial charge >= 0.3 is 5.97 Å². The van der Waals surface area contributed by atoms with E-state index in [2.05, 4.69) is 28.4 Å². The van der Waals surface area contributed by atoms with E-state index in [0.717, 1.165) is 43.1 Å². The van der Waals surface area contributed by atoms with Crippen LogP contribution in [0.15, 0.2) is 48.5 Å². The monoisotopic (exact) mass is 368 g/mol. The average Bonchev–Trinajstić information content (AvgIpc) is 3.20. The highest BCUT2D eigenvalue weighted by Crippen LogP contribution is 2.25. The fourth-order valence-corrected chi connectivity index (χ4v) is 3.80. The molecule has 0 spiro atoms. The summed E-state index contributed by atoms with van der Waals surface area (Å²) >= 11 is 0. The second kappa shape index (κ2) is 8.91. The largest absolute Gasteiger partial charge is 0.497 e. The van der Waals surface area contributed by atoms with E-state index >= 15 is 0 Å². The van der Waals surface area contributed by atoms with E-state index in [1.807, 2.05) is 37.4 Å². The minimum absolute atomic E-state index is 0.214. The van der Waals surface area contributed by atoms with Crippen LogP contribution >= 0.6 is 0 Å². The fraction of sp³-hybridized carbons (Fsp3) is 0.409. The van der Waals surface area contributed by atoms with Crippen LogP contribution in [0.1, 0.15) is 17.5 Å². The number of carboxylic acid groups (broad SMARTS) is 1. The van der Waals surface area contributed by atoms with Gasteiger partial charge in [-0.15, -0.1) is 0 Å². The number of methoxy groups -OCH3 is 1. The van der Waals surface area contributed by atoms with Gasteiger partial charge in [-0.2, -0.15) is 0 Å². The van der Waals surface area contributed by atoms with Crippen LogP contribution in [-0.4, -0.2) is 38.3 Å². The Labute approximate surface area is 161 Å². The number of nitrogens with zero attached hydrogens (tertiary/aromatic N) is 1. The van der Waals surface area contributed by atoms with Gasteiger partial charge in [0.15, 0.2) is 0 Å². The lowest BCUT2D eigenvalue weighted by atomic mass is 9.86. The quantitative estimate of drug-likeness (QED) is 0.749. The first-order valence-corrected chi connectivity index (χ1v) is 9.43. The Morgan fingerprint density at radius 2 is 2.04 bits per heavy atom. The van der Waals surface area contributed by atoms with Crippen LogP contribution in [0, 0.1) is 11.8 Å². The van der Waals surface area contributed by atoms with E-state index in [4.69, 9.17) is 4.74 Å². The van der Waals surface area contributed by atoms with E-state index in [1.54, 1.807) is 7.11 Å². The molecule has 27 heavy (non-hydrogen) atoms. The Hall–Kier alpha value is -2.53. The molecule has 5 heteroatoms. The van der Waals surface area contributed by atoms with Crippen molar-refractivity contribution in [1.82, 2.24) is 5.32 Å². The number of benzene rings is 2. The highest BCUT2D eigenvalue weighted by molar-refractivity contribution is 5.71. The highest BCUT2D eigenvalue weighted by atomic mass is 16.5. The number of aliphatic carboxylic acids is 1. The van der Waals surface area contributed by atoms with Crippen LogP contribution in [0.5, 0.6) is 5.75 Å². The smallest absolute Gasteiger partial charge is 0.307 e. The second-order valence-electron chi connectivity index (χ2n) is 7.28. The van der Waals surface area contributed by atoms with Gasteiger partial charge in [-0.05, 0) is 55.1 Å². The van der Waals surface area contributed by atoms with Crippen LogP contribution in [0.3, 0.4) is 0 Å². The molecule has 0 aromatic heterocycles. The first-order valence-electron chi connectivity index (χ1n) is 9.43. The summed E-state index contributed by atoms with van der Waals surface area (Å²) in [6, 6.07) is 16.3. The van der Waals surface area contributed by atoms with Gasteiger partial charge in [-0.25, -0.2) is 0 Å². The Balaban J connectivity index is 1.69. The maximum atomic E-state index is 11.8. The Kier molecular flexibility index (Phi) is 6.35. The van der Waals surface area contributed by atoms with Gasteiger partial charge in [0.25, 0.3) is 0 Å². The third-order valence-corrected chi connectivity index (χ3v) is 5.35. The molecular weight excluding hydrogens is 340 g/mol. The zero-order valence-electron chi connectivity index (χ0n) is 16.0. The molecule has 1 saturated heterocycles. The number of hydrogen-bond acceptors (Lipinski definition) is 4. The summed E-state index contributed by atoms with van der Waals surface area (Å²) in [4.78, 5) is 13.9. The Bertz CT molecular complexity index is 772. The molecule has 2 N–H and O–H groups in total. The third-order valence-electron chi connectivity index (χ3n) is 5.35. The number of nitrogens with one attached hydrogen (secondary N) is 1. The van der Waals surface area contributed by atoms with Gasteiger partial charge in [-0.1, -0.05) is 30.3 Å². The minimum Gasteiger partial charge on any atom is -0.497 e. The fourth-order valence-electron chi connectivity index (χ4n) is 3.80. The third kappa shape index (κ3) is 5.01. The molecule has 1 aliphatic heterocycles. The molecule has 5 nitrogen and oxygen atoms in total. The number of ether oxygens (including phenoxy) is 1. The normalized spacial score (nSPS) is 17.5. The van der Waals surface area contributed by atoms with Crippen molar-refractivity contribution in [2.45, 2.75) is 19.4 Å². The summed E-state index contributed by atoms with van der Waals surface area (Å²) in [6.45, 7) is 2.47. The standard InChI is InChI=1S/C22H28N2O3/c1-24(19-7-4-8-20(13-19)27-2)15-17-6-3-5-16(11-17)12-21(22(25)26)18-9-10-23-14-18/h3-8,11,13,18,21,23H,9-10,12,14-15H2,1-2H3,(H,25,26)/t18-,21-/m0/s1. The predicted octanol–water partition coefficient (Wildman–Crippen LogP) is 3.18. The molecule has 2 atom stereocenters. The molecule has 1 aliphatic rings. The molecule has 2 aromatic carbocycles. The average molecular weight is 368 g/mol. The molecular formula is C22H28N2O3. The number of anilines is 1. The molecule has 0 aliphatic carbocycles. The number of hydrogen-bond donors (Lipinski definition) is 2. The molecule has 0 unspecified atom stereocenters. The summed E-state index contributed by atoms with van der Waals surface area (Å²) in [6.07, 6.45) is 1.52. The van der Waals surface area contributed by atoms with Crippen LogP contribution in [0.4, 0.5) is 5.69 Å². The van der Waals surface area contributed by atoms with E-state index in [9.17, 15) is 9.90 Å². The van der Waals surface area contributed by atoms with E-state index in [0.29, 0.717) is 6.42 Å². The van der Waals surface area contributed by atoms with Gasteiger partial charge < -0.3 is 20.1 Å². The molecule has 1 fully saturated rings. The van der Waals surface area contributed by atoms with Gasteiger partial charge in [-0.3, -0.25) is 4.79 Å². The van der Waals surface area contributed by atoms with Gasteiger partial charge in [0.05, 0.1) is 13.0 Å². The van der Waals surface area contributed by atoms with Gasteiger partial charge in [0.1, 0.15) is 5.75 Å². The minimum atomic E-state index is -0.692. The number of rotatable bonds is 8. The maximum Gasteiger partial charge on any atom is 0.307 e. The van der Waals surface area contributed by atoms with Crippen LogP contribution in [-0.2, 0) is 17.8 Å². The van der Waals surface area contributed by atoms with Gasteiger partial charge in [0.2, 0.25) is 0 Å². The maximum absolute atomic E-state index is 11.8. The summed E-state index contributed by atoms with van der Waals surface area (Å²) in [7, 11) is 3.72. The van der Waals surface area contributed by atoms with E-state index < -0.39 is 5.97 Å². The van der Waals surface area contributed by atoms with Crippen molar-refractivity contribution in [3.05, 3.63) is 59.7 Å². The van der Waals surface area contributed by atoms with Crippen LogP contribution in [0.2, 0.25) is 0 Å². The van der Waals surface area contributed by atoms with Crippen molar-refractivity contribution in [3.8, 4) is 5.75 Å². The summed E-state index contributed by atoms with van der Waals surface area (Å²) in [5.41, 5.74) is 3.34. The molecule has 144 valence electrons. The van der Waals surface area contributed by atoms with E-state index in [1.165, 1.54) is 5.56 Å². The van der Waals surface area contributed by atoms with Crippen molar-refractivity contribution < 1.29 is 14.6 Å². The van der Waals surface area contributed by atoms with Crippen molar-refractivity contribution in [3.63, 3.8) is 0 Å². The van der Waals surface area contributed by atoms with E-state index in [-0.39, 0.29) is 11.8 Å². The topological polar surface area (TPSA) is 61.8 Å². The van der Waals surface area contributed by atoms with Crippen LogP contribution < -0.4 is 15.0 Å². The number of carbonyl (C=O) groups is 1. The molecule has 2 aromatic rings. The molecule has 0 amide bonds. The second-order valence-corrected chi connectivity index (χ2v) is 7.28. The van der Waals surface area contributed by atoms with Crippen LogP contribution in [0.25, 0.3) is 0 Å². The SMILES string of the molecule is COc1cccc(N(C)Cc2cccc(C[C@H](C(=O)O)[C@H]3CCNC3)c2)c1. The first kappa shape index (κ1) is 19.2. The summed E-state index contributed by atoms with van der Waals surface area (Å²) in [5.74, 6) is 0.0298. The Morgan fingerprint density at radius 1 is 1.26 bits per heavy atom. The Morgan fingerprint density at radius 3 is 2.74 bits per heavy atom. The van der Waals surface area contributed by atoms with Crippen molar-refractivity contribution in [1.29, 1.82) is 0 Å². The summed E-state index contributed by atoms with van der Waals surface area (Å²) < 4.78 is 5.30. The lowest BCUT2D eigenvalue weighted by Crippen LogP contribution is -2.27. The molecule has 0 bridgehead atoms. The molecule has 0 radical (unpaired) electrons. The van der Waals surface area contributed by atoms with Crippen molar-refractivity contribution >= 4 is 11.7 Å². The lowest BCUT2D eigenvalue weighted by molar-refractivity contribution is -0.143.